The number of nitrogen functional groups attached to an aromatic ring is 1. The van der Waals surface area contributed by atoms with Crippen LogP contribution in [-0.2, 0) is 17.6 Å². The molecule has 0 fully saturated rings. The maximum Gasteiger partial charge on any atom is 0.239 e. The van der Waals surface area contributed by atoms with Crippen LogP contribution in [0, 0.1) is 0 Å². The number of carbonyl (C=O) groups is 1. The molecule has 1 heterocycles. The van der Waals surface area contributed by atoms with Crippen LogP contribution in [0.25, 0.3) is 0 Å². The number of carbonyl (C=O) groups excluding carboxylic acids is 1. The zero-order valence-corrected chi connectivity index (χ0v) is 17.4. The number of nitrogens with two attached hydrogens (primary N) is 1. The van der Waals surface area contributed by atoms with Crippen LogP contribution in [0.3, 0.4) is 0 Å². The normalized spacial score (nSPS) is 12.9. The van der Waals surface area contributed by atoms with E-state index in [1.165, 1.54) is 11.1 Å². The summed E-state index contributed by atoms with van der Waals surface area (Å²) in [5.41, 5.74) is 10.3. The first-order valence-corrected chi connectivity index (χ1v) is 9.67. The highest BCUT2D eigenvalue weighted by Crippen LogP contribution is 2.30. The molecule has 0 saturated carbocycles. The summed E-state index contributed by atoms with van der Waals surface area (Å²) in [4.78, 5) is 14.5. The average Bonchev–Trinajstić information content (AvgIpc) is 2.64. The number of hydrogen-bond donors (Lipinski definition) is 2. The van der Waals surface area contributed by atoms with E-state index in [1.807, 2.05) is 50.2 Å². The predicted octanol–water partition coefficient (Wildman–Crippen LogP) is 3.59. The Morgan fingerprint density at radius 2 is 1.96 bits per heavy atom. The van der Waals surface area contributed by atoms with Gasteiger partial charge in [0.2, 0.25) is 5.91 Å². The first kappa shape index (κ1) is 21.9. The monoisotopic (exact) mass is 403 g/mol. The second kappa shape index (κ2) is 10.2. The third kappa shape index (κ3) is 5.80. The maximum absolute atomic E-state index is 12.4. The number of ether oxygens (including phenoxy) is 1. The van der Waals surface area contributed by atoms with E-state index in [0.717, 1.165) is 42.9 Å². The summed E-state index contributed by atoms with van der Waals surface area (Å²) < 4.78 is 5.65. The third-order valence-corrected chi connectivity index (χ3v) is 4.75. The number of amides is 1. The molecule has 1 aliphatic rings. The molecule has 152 valence electrons. The van der Waals surface area contributed by atoms with Crippen LogP contribution < -0.4 is 20.7 Å². The van der Waals surface area contributed by atoms with Gasteiger partial charge in [0.25, 0.3) is 0 Å². The lowest BCUT2D eigenvalue weighted by atomic mass is 10.00. The van der Waals surface area contributed by atoms with E-state index >= 15 is 0 Å². The third-order valence-electron chi connectivity index (χ3n) is 4.75. The Kier molecular flexibility index (Phi) is 8.00. The van der Waals surface area contributed by atoms with Crippen molar-refractivity contribution < 1.29 is 9.53 Å². The van der Waals surface area contributed by atoms with Crippen LogP contribution in [0.15, 0.2) is 42.5 Å². The molecule has 6 heteroatoms. The molecule has 1 amide bonds. The fourth-order valence-electron chi connectivity index (χ4n) is 3.47. The number of rotatable bonds is 7. The molecule has 0 unspecified atom stereocenters. The topological polar surface area (TPSA) is 67.6 Å². The zero-order chi connectivity index (χ0) is 19.2. The molecule has 0 bridgehead atoms. The predicted molar refractivity (Wildman–Crippen MR) is 118 cm³/mol. The highest BCUT2D eigenvalue weighted by molar-refractivity contribution is 5.85. The number of benzene rings is 2. The Balaban J connectivity index is 0.00000280. The fourth-order valence-corrected chi connectivity index (χ4v) is 3.47. The molecule has 2 aromatic carbocycles. The van der Waals surface area contributed by atoms with Gasteiger partial charge in [-0.25, -0.2) is 0 Å². The average molecular weight is 404 g/mol. The van der Waals surface area contributed by atoms with E-state index in [-0.39, 0.29) is 24.4 Å². The molecule has 0 atom stereocenters. The summed E-state index contributed by atoms with van der Waals surface area (Å²) in [5.74, 6) is 0.922. The number of hydrogen-bond acceptors (Lipinski definition) is 4. The van der Waals surface area contributed by atoms with Gasteiger partial charge in [0.15, 0.2) is 0 Å². The minimum atomic E-state index is 0. The van der Waals surface area contributed by atoms with Crippen molar-refractivity contribution in [3.05, 3.63) is 53.6 Å². The van der Waals surface area contributed by atoms with Crippen LogP contribution in [0.2, 0.25) is 0 Å². The Morgan fingerprint density at radius 1 is 1.21 bits per heavy atom. The number of fused-ring (bicyclic) bond motifs is 1. The molecule has 28 heavy (non-hydrogen) atoms. The largest absolute Gasteiger partial charge is 0.491 e. The molecule has 2 aromatic rings. The number of halogens is 1. The van der Waals surface area contributed by atoms with E-state index in [0.29, 0.717) is 13.1 Å². The Labute approximate surface area is 173 Å². The summed E-state index contributed by atoms with van der Waals surface area (Å²) in [7, 11) is 0. The van der Waals surface area contributed by atoms with Gasteiger partial charge in [-0.3, -0.25) is 4.79 Å². The van der Waals surface area contributed by atoms with Gasteiger partial charge in [0.1, 0.15) is 5.75 Å². The van der Waals surface area contributed by atoms with Crippen LogP contribution in [0.1, 0.15) is 31.4 Å². The van der Waals surface area contributed by atoms with Crippen molar-refractivity contribution in [1.82, 2.24) is 5.32 Å². The summed E-state index contributed by atoms with van der Waals surface area (Å²) in [6.45, 7) is 5.91. The van der Waals surface area contributed by atoms with Crippen molar-refractivity contribution in [2.24, 2.45) is 0 Å². The molecule has 0 aliphatic carbocycles. The van der Waals surface area contributed by atoms with Crippen LogP contribution >= 0.6 is 12.4 Å². The summed E-state index contributed by atoms with van der Waals surface area (Å²) in [6.07, 6.45) is 2.98. The van der Waals surface area contributed by atoms with Gasteiger partial charge >= 0.3 is 0 Å². The standard InChI is InChI=1S/C22H29N3O2.ClH/c1-16(2)27-18-10-8-17(9-11-18)12-13-24-22(26)15-25-14-4-5-19-20(23)6-3-7-21(19)25;/h3,6-11,16H,4-5,12-15,23H2,1-2H3,(H,24,26);1H. The molecule has 5 nitrogen and oxygen atoms in total. The lowest BCUT2D eigenvalue weighted by Gasteiger charge is -2.31. The lowest BCUT2D eigenvalue weighted by Crippen LogP contribution is -2.40. The van der Waals surface area contributed by atoms with Gasteiger partial charge < -0.3 is 20.7 Å². The molecule has 0 spiro atoms. The molecule has 0 radical (unpaired) electrons. The number of nitrogens with zero attached hydrogens (tertiary/aromatic N) is 1. The van der Waals surface area contributed by atoms with E-state index in [9.17, 15) is 4.79 Å². The molecular formula is C22H30ClN3O2. The first-order chi connectivity index (χ1) is 13.0. The fraction of sp³-hybridized carbons (Fsp3) is 0.409. The van der Waals surface area contributed by atoms with E-state index in [1.54, 1.807) is 0 Å². The molecule has 0 saturated heterocycles. The minimum absolute atomic E-state index is 0. The Bertz CT molecular complexity index is 778. The maximum atomic E-state index is 12.4. The highest BCUT2D eigenvalue weighted by Gasteiger charge is 2.20. The van der Waals surface area contributed by atoms with Crippen LogP contribution in [0.4, 0.5) is 11.4 Å². The second-order valence-electron chi connectivity index (χ2n) is 7.28. The SMILES string of the molecule is CC(C)Oc1ccc(CCNC(=O)CN2CCCc3c(N)cccc32)cc1.Cl. The van der Waals surface area contributed by atoms with Crippen molar-refractivity contribution in [2.45, 2.75) is 39.2 Å². The van der Waals surface area contributed by atoms with E-state index in [2.05, 4.69) is 16.3 Å². The summed E-state index contributed by atoms with van der Waals surface area (Å²) >= 11 is 0. The second-order valence-corrected chi connectivity index (χ2v) is 7.28. The molecule has 0 aromatic heterocycles. The van der Waals surface area contributed by atoms with Crippen molar-refractivity contribution in [3.8, 4) is 5.75 Å². The van der Waals surface area contributed by atoms with Gasteiger partial charge in [-0.2, -0.15) is 0 Å². The minimum Gasteiger partial charge on any atom is -0.491 e. The molecule has 3 rings (SSSR count). The van der Waals surface area contributed by atoms with Crippen molar-refractivity contribution in [3.63, 3.8) is 0 Å². The molecular weight excluding hydrogens is 374 g/mol. The van der Waals surface area contributed by atoms with E-state index in [4.69, 9.17) is 10.5 Å². The van der Waals surface area contributed by atoms with Crippen LogP contribution in [0.5, 0.6) is 5.75 Å². The van der Waals surface area contributed by atoms with Crippen LogP contribution in [-0.4, -0.2) is 31.6 Å². The van der Waals surface area contributed by atoms with Gasteiger partial charge in [-0.05, 0) is 68.5 Å². The van der Waals surface area contributed by atoms with E-state index < -0.39 is 0 Å². The number of nitrogens with one attached hydrogen (secondary N) is 1. The van der Waals surface area contributed by atoms with Gasteiger partial charge in [-0.15, -0.1) is 12.4 Å². The lowest BCUT2D eigenvalue weighted by molar-refractivity contribution is -0.119. The van der Waals surface area contributed by atoms with Gasteiger partial charge in [0, 0.05) is 24.5 Å². The quantitative estimate of drug-likeness (QED) is 0.693. The van der Waals surface area contributed by atoms with Gasteiger partial charge in [0.05, 0.1) is 12.6 Å². The Hall–Kier alpha value is -2.40. The van der Waals surface area contributed by atoms with Gasteiger partial charge in [-0.1, -0.05) is 18.2 Å². The van der Waals surface area contributed by atoms with Crippen molar-refractivity contribution in [2.75, 3.05) is 30.3 Å². The molecule has 1 aliphatic heterocycles. The Morgan fingerprint density at radius 3 is 2.68 bits per heavy atom. The van der Waals surface area contributed by atoms with Crippen molar-refractivity contribution in [1.29, 1.82) is 0 Å². The highest BCUT2D eigenvalue weighted by atomic mass is 35.5. The number of anilines is 2. The smallest absolute Gasteiger partial charge is 0.239 e. The zero-order valence-electron chi connectivity index (χ0n) is 16.6. The summed E-state index contributed by atoms with van der Waals surface area (Å²) in [6, 6.07) is 14.0. The summed E-state index contributed by atoms with van der Waals surface area (Å²) in [5, 5.41) is 3.03. The molecule has 3 N–H and O–H groups in total. The first-order valence-electron chi connectivity index (χ1n) is 9.67. The van der Waals surface area contributed by atoms with Crippen molar-refractivity contribution >= 4 is 29.7 Å².